The van der Waals surface area contributed by atoms with Gasteiger partial charge >= 0.3 is 0 Å². The van der Waals surface area contributed by atoms with Crippen LogP contribution in [-0.2, 0) is 6.61 Å². The molecule has 0 saturated heterocycles. The Bertz CT molecular complexity index is 790. The number of aliphatic hydroxyl groups is 1. The van der Waals surface area contributed by atoms with Crippen molar-refractivity contribution in [1.29, 1.82) is 0 Å². The van der Waals surface area contributed by atoms with Crippen LogP contribution in [0, 0.1) is 5.92 Å². The summed E-state index contributed by atoms with van der Waals surface area (Å²) in [5, 5.41) is 13.2. The molecule has 1 aromatic rings. The normalized spacial score (nSPS) is 24.1. The Morgan fingerprint density at radius 3 is 2.82 bits per heavy atom. The van der Waals surface area contributed by atoms with Crippen LogP contribution in [0.3, 0.4) is 0 Å². The molecule has 0 bridgehead atoms. The predicted octanol–water partition coefficient (Wildman–Crippen LogP) is 3.80. The van der Waals surface area contributed by atoms with Crippen molar-refractivity contribution in [1.82, 2.24) is 5.32 Å². The predicted molar refractivity (Wildman–Crippen MR) is 90.9 cm³/mol. The molecule has 2 N–H and O–H groups in total. The van der Waals surface area contributed by atoms with E-state index in [4.69, 9.17) is 0 Å². The summed E-state index contributed by atoms with van der Waals surface area (Å²) < 4.78 is 0. The van der Waals surface area contributed by atoms with E-state index in [0.717, 1.165) is 5.56 Å². The summed E-state index contributed by atoms with van der Waals surface area (Å²) in [4.78, 5) is 0. The van der Waals surface area contributed by atoms with Gasteiger partial charge in [-0.2, -0.15) is 0 Å². The lowest BCUT2D eigenvalue weighted by Gasteiger charge is -2.38. The summed E-state index contributed by atoms with van der Waals surface area (Å²) in [5.41, 5.74) is 8.64. The van der Waals surface area contributed by atoms with Gasteiger partial charge in [0.05, 0.1) is 6.61 Å². The average Bonchev–Trinajstić information content (AvgIpc) is 2.81. The summed E-state index contributed by atoms with van der Waals surface area (Å²) in [7, 11) is 0. The molecule has 0 aromatic heterocycles. The highest BCUT2D eigenvalue weighted by molar-refractivity contribution is 5.99. The third-order valence-electron chi connectivity index (χ3n) is 4.79. The molecule has 1 unspecified atom stereocenters. The van der Waals surface area contributed by atoms with Crippen LogP contribution in [0.2, 0.25) is 0 Å². The molecule has 1 atom stereocenters. The number of nitrogens with one attached hydrogen (secondary N) is 1. The van der Waals surface area contributed by atoms with E-state index < -0.39 is 0 Å². The molecule has 0 fully saturated rings. The molecule has 0 amide bonds. The molecule has 112 valence electrons. The van der Waals surface area contributed by atoms with Crippen molar-refractivity contribution >= 4 is 11.6 Å². The van der Waals surface area contributed by atoms with Gasteiger partial charge in [0, 0.05) is 17.2 Å². The van der Waals surface area contributed by atoms with Crippen LogP contribution >= 0.6 is 0 Å². The zero-order chi connectivity index (χ0) is 15.5. The minimum atomic E-state index is 0.0000341. The summed E-state index contributed by atoms with van der Waals surface area (Å²) in [6.45, 7) is 6.71. The molecule has 1 heterocycles. The SMILES string of the molecule is CC1=CC(C)(C)NC2=CC3=Cc4c(CO)cccc4C3=CC12. The van der Waals surface area contributed by atoms with E-state index >= 15 is 0 Å². The fourth-order valence-corrected chi connectivity index (χ4v) is 3.92. The average molecular weight is 291 g/mol. The van der Waals surface area contributed by atoms with Gasteiger partial charge < -0.3 is 10.4 Å². The molecule has 4 rings (SSSR count). The minimum absolute atomic E-state index is 0.0000341. The second-order valence-electron chi connectivity index (χ2n) is 7.03. The van der Waals surface area contributed by atoms with Crippen molar-refractivity contribution in [2.24, 2.45) is 5.92 Å². The van der Waals surface area contributed by atoms with Crippen molar-refractivity contribution in [3.05, 3.63) is 70.0 Å². The molecule has 0 radical (unpaired) electrons. The number of benzene rings is 1. The number of aliphatic hydroxyl groups excluding tert-OH is 1. The first-order valence-corrected chi connectivity index (χ1v) is 7.85. The molecule has 1 aromatic carbocycles. The Morgan fingerprint density at radius 2 is 2.05 bits per heavy atom. The van der Waals surface area contributed by atoms with E-state index in [1.165, 1.54) is 33.5 Å². The van der Waals surface area contributed by atoms with Crippen molar-refractivity contribution in [2.75, 3.05) is 0 Å². The highest BCUT2D eigenvalue weighted by Crippen LogP contribution is 2.45. The summed E-state index contributed by atoms with van der Waals surface area (Å²) >= 11 is 0. The summed E-state index contributed by atoms with van der Waals surface area (Å²) in [6, 6.07) is 6.19. The molecule has 22 heavy (non-hydrogen) atoms. The zero-order valence-corrected chi connectivity index (χ0v) is 13.3. The summed E-state index contributed by atoms with van der Waals surface area (Å²) in [5.74, 6) is 0.337. The van der Waals surface area contributed by atoms with Crippen LogP contribution in [0.15, 0.2) is 53.3 Å². The number of hydrogen-bond acceptors (Lipinski definition) is 2. The fraction of sp³-hybridized carbons (Fsp3) is 0.300. The molecule has 2 nitrogen and oxygen atoms in total. The van der Waals surface area contributed by atoms with E-state index in [0.29, 0.717) is 5.92 Å². The number of hydrogen-bond donors (Lipinski definition) is 2. The van der Waals surface area contributed by atoms with E-state index in [-0.39, 0.29) is 12.1 Å². The van der Waals surface area contributed by atoms with Gasteiger partial charge in [0.1, 0.15) is 0 Å². The minimum Gasteiger partial charge on any atom is -0.392 e. The van der Waals surface area contributed by atoms with Crippen molar-refractivity contribution in [3.8, 4) is 0 Å². The Labute approximate surface area is 131 Å². The highest BCUT2D eigenvalue weighted by atomic mass is 16.3. The molecular formula is C20H21NO. The van der Waals surface area contributed by atoms with E-state index in [1.807, 2.05) is 12.1 Å². The molecule has 3 aliphatic rings. The largest absolute Gasteiger partial charge is 0.392 e. The molecule has 2 heteroatoms. The van der Waals surface area contributed by atoms with Crippen molar-refractivity contribution in [2.45, 2.75) is 32.9 Å². The molecule has 2 aliphatic carbocycles. The van der Waals surface area contributed by atoms with Gasteiger partial charge in [-0.3, -0.25) is 0 Å². The van der Waals surface area contributed by atoms with Crippen LogP contribution in [0.5, 0.6) is 0 Å². The zero-order valence-electron chi connectivity index (χ0n) is 13.3. The quantitative estimate of drug-likeness (QED) is 0.771. The van der Waals surface area contributed by atoms with E-state index in [1.54, 1.807) is 0 Å². The number of fused-ring (bicyclic) bond motifs is 4. The van der Waals surface area contributed by atoms with Crippen LogP contribution in [0.4, 0.5) is 0 Å². The smallest absolute Gasteiger partial charge is 0.0687 e. The van der Waals surface area contributed by atoms with E-state index in [2.05, 4.69) is 56.5 Å². The molecule has 1 aliphatic heterocycles. The van der Waals surface area contributed by atoms with Crippen LogP contribution in [0.25, 0.3) is 11.6 Å². The first-order chi connectivity index (χ1) is 10.5. The van der Waals surface area contributed by atoms with Crippen LogP contribution in [0.1, 0.15) is 37.5 Å². The fourth-order valence-electron chi connectivity index (χ4n) is 3.92. The maximum absolute atomic E-state index is 9.57. The van der Waals surface area contributed by atoms with Gasteiger partial charge in [-0.15, -0.1) is 0 Å². The van der Waals surface area contributed by atoms with Gasteiger partial charge in [0.2, 0.25) is 0 Å². The van der Waals surface area contributed by atoms with Gasteiger partial charge in [-0.05, 0) is 60.8 Å². The first-order valence-electron chi connectivity index (χ1n) is 7.85. The maximum atomic E-state index is 9.57. The third-order valence-corrected chi connectivity index (χ3v) is 4.79. The van der Waals surface area contributed by atoms with Crippen LogP contribution < -0.4 is 5.32 Å². The van der Waals surface area contributed by atoms with E-state index in [9.17, 15) is 5.11 Å². The maximum Gasteiger partial charge on any atom is 0.0687 e. The second kappa shape index (κ2) is 4.47. The van der Waals surface area contributed by atoms with Gasteiger partial charge in [0.15, 0.2) is 0 Å². The number of rotatable bonds is 1. The lowest BCUT2D eigenvalue weighted by atomic mass is 9.80. The Kier molecular flexibility index (Phi) is 2.76. The molecule has 0 saturated carbocycles. The lowest BCUT2D eigenvalue weighted by Crippen LogP contribution is -2.43. The first kappa shape index (κ1) is 13.6. The number of allylic oxidation sites excluding steroid dienone is 4. The Hall–Kier alpha value is -2.06. The second-order valence-corrected chi connectivity index (χ2v) is 7.03. The van der Waals surface area contributed by atoms with Crippen molar-refractivity contribution in [3.63, 3.8) is 0 Å². The summed E-state index contributed by atoms with van der Waals surface area (Å²) in [6.07, 6.45) is 9.17. The van der Waals surface area contributed by atoms with Gasteiger partial charge in [-0.1, -0.05) is 35.9 Å². The third kappa shape index (κ3) is 1.91. The monoisotopic (exact) mass is 291 g/mol. The lowest BCUT2D eigenvalue weighted by molar-refractivity contribution is 0.281. The Morgan fingerprint density at radius 1 is 1.23 bits per heavy atom. The Balaban J connectivity index is 1.87. The van der Waals surface area contributed by atoms with Crippen molar-refractivity contribution < 1.29 is 5.11 Å². The van der Waals surface area contributed by atoms with Crippen LogP contribution in [-0.4, -0.2) is 10.6 Å². The molecule has 0 spiro atoms. The van der Waals surface area contributed by atoms with Gasteiger partial charge in [-0.25, -0.2) is 0 Å². The van der Waals surface area contributed by atoms with Gasteiger partial charge in [0.25, 0.3) is 0 Å². The highest BCUT2D eigenvalue weighted by Gasteiger charge is 2.32. The topological polar surface area (TPSA) is 32.3 Å². The molecular weight excluding hydrogens is 270 g/mol. The standard InChI is InChI=1S/C20H21NO/c1-12-10-20(2,3)21-19-8-14-7-17-13(11-22)5-4-6-15(17)18(14)9-16(12)19/h4-10,16,21-22H,11H2,1-3H3.